The Morgan fingerprint density at radius 3 is 2.95 bits per heavy atom. The number of amidine groups is 1. The van der Waals surface area contributed by atoms with Gasteiger partial charge in [-0.3, -0.25) is 9.48 Å². The number of carbonyl (C=O) groups is 1. The predicted octanol–water partition coefficient (Wildman–Crippen LogP) is 0.532. The van der Waals surface area contributed by atoms with Crippen LogP contribution in [0.1, 0.15) is 21.1 Å². The zero-order valence-corrected chi connectivity index (χ0v) is 11.1. The van der Waals surface area contributed by atoms with Crippen LogP contribution in [0.5, 0.6) is 0 Å². The number of nitrogens with two attached hydrogens (primary N) is 1. The molecule has 9 heteroatoms. The molecule has 0 aliphatic carbocycles. The topological polar surface area (TPSA) is 118 Å². The van der Waals surface area contributed by atoms with Gasteiger partial charge in [-0.2, -0.15) is 5.10 Å². The number of nitrogens with zero attached hydrogens (tertiary/aromatic N) is 4. The number of amides is 1. The van der Waals surface area contributed by atoms with E-state index >= 15 is 0 Å². The van der Waals surface area contributed by atoms with Crippen LogP contribution in [0.3, 0.4) is 0 Å². The molecule has 0 fully saturated rings. The molecule has 0 spiro atoms. The van der Waals surface area contributed by atoms with E-state index in [2.05, 4.69) is 20.6 Å². The molecule has 2 aromatic heterocycles. The summed E-state index contributed by atoms with van der Waals surface area (Å²) in [4.78, 5) is 16.1. The van der Waals surface area contributed by atoms with E-state index in [1.165, 1.54) is 22.2 Å². The Morgan fingerprint density at radius 1 is 1.63 bits per heavy atom. The number of oxime groups is 1. The second kappa shape index (κ2) is 5.06. The number of anilines is 1. The smallest absolute Gasteiger partial charge is 0.276 e. The maximum absolute atomic E-state index is 12.0. The largest absolute Gasteiger partial charge is 0.409 e. The molecule has 8 nitrogen and oxygen atoms in total. The molecule has 0 unspecified atom stereocenters. The lowest BCUT2D eigenvalue weighted by atomic mass is 10.3. The summed E-state index contributed by atoms with van der Waals surface area (Å²) in [6.45, 7) is 1.81. The molecule has 0 radical (unpaired) electrons. The van der Waals surface area contributed by atoms with E-state index in [9.17, 15) is 4.79 Å². The number of hydrogen-bond donors (Lipinski definition) is 3. The Balaban J connectivity index is 2.29. The minimum absolute atomic E-state index is 0.127. The fourth-order valence-corrected chi connectivity index (χ4v) is 2.06. The molecule has 19 heavy (non-hydrogen) atoms. The van der Waals surface area contributed by atoms with Crippen molar-refractivity contribution in [2.45, 2.75) is 6.92 Å². The van der Waals surface area contributed by atoms with Gasteiger partial charge >= 0.3 is 0 Å². The maximum Gasteiger partial charge on any atom is 0.276 e. The van der Waals surface area contributed by atoms with Crippen LogP contribution in [0, 0.1) is 6.92 Å². The molecule has 0 aromatic carbocycles. The monoisotopic (exact) mass is 280 g/mol. The van der Waals surface area contributed by atoms with E-state index in [0.717, 1.165) is 5.01 Å². The first kappa shape index (κ1) is 13.0. The lowest BCUT2D eigenvalue weighted by molar-refractivity contribution is 0.102. The molecule has 0 saturated heterocycles. The van der Waals surface area contributed by atoms with Crippen molar-refractivity contribution in [2.75, 3.05) is 5.32 Å². The molecule has 0 saturated carbocycles. The van der Waals surface area contributed by atoms with Crippen molar-refractivity contribution in [3.63, 3.8) is 0 Å². The van der Waals surface area contributed by atoms with Gasteiger partial charge < -0.3 is 16.3 Å². The van der Waals surface area contributed by atoms with Crippen molar-refractivity contribution < 1.29 is 10.0 Å². The normalized spacial score (nSPS) is 11.6. The van der Waals surface area contributed by atoms with Crippen LogP contribution in [0.4, 0.5) is 5.82 Å². The van der Waals surface area contributed by atoms with Gasteiger partial charge in [0.1, 0.15) is 11.5 Å². The fraction of sp³-hybridized carbons (Fsp3) is 0.200. The number of aryl methyl sites for hydroxylation is 2. The Morgan fingerprint density at radius 2 is 2.37 bits per heavy atom. The van der Waals surface area contributed by atoms with Crippen LogP contribution in [0.15, 0.2) is 16.7 Å². The predicted molar refractivity (Wildman–Crippen MR) is 70.5 cm³/mol. The van der Waals surface area contributed by atoms with Gasteiger partial charge in [0.05, 0.1) is 16.8 Å². The highest BCUT2D eigenvalue weighted by Crippen LogP contribution is 2.16. The van der Waals surface area contributed by atoms with Gasteiger partial charge in [0.25, 0.3) is 5.91 Å². The van der Waals surface area contributed by atoms with Crippen molar-refractivity contribution >= 4 is 28.9 Å². The highest BCUT2D eigenvalue weighted by Gasteiger charge is 2.17. The number of rotatable bonds is 3. The average Bonchev–Trinajstić information content (AvgIpc) is 2.96. The van der Waals surface area contributed by atoms with E-state index in [1.54, 1.807) is 12.4 Å². The molecule has 2 aromatic rings. The molecule has 0 aliphatic rings. The van der Waals surface area contributed by atoms with E-state index in [0.29, 0.717) is 17.1 Å². The van der Waals surface area contributed by atoms with Crippen LogP contribution >= 0.6 is 11.3 Å². The summed E-state index contributed by atoms with van der Waals surface area (Å²) in [6.07, 6.45) is 1.40. The van der Waals surface area contributed by atoms with Gasteiger partial charge in [-0.05, 0) is 6.92 Å². The van der Waals surface area contributed by atoms with Gasteiger partial charge in [-0.25, -0.2) is 4.98 Å². The van der Waals surface area contributed by atoms with Crippen molar-refractivity contribution in [3.05, 3.63) is 27.8 Å². The second-order valence-electron chi connectivity index (χ2n) is 3.72. The highest BCUT2D eigenvalue weighted by molar-refractivity contribution is 7.09. The van der Waals surface area contributed by atoms with Crippen LogP contribution in [0.25, 0.3) is 0 Å². The summed E-state index contributed by atoms with van der Waals surface area (Å²) in [6, 6.07) is 0. The molecule has 2 heterocycles. The first-order valence-electron chi connectivity index (χ1n) is 5.26. The van der Waals surface area contributed by atoms with Crippen molar-refractivity contribution in [3.8, 4) is 0 Å². The third-order valence-electron chi connectivity index (χ3n) is 2.41. The molecular weight excluding hydrogens is 268 g/mol. The van der Waals surface area contributed by atoms with Crippen molar-refractivity contribution in [2.24, 2.45) is 17.9 Å². The second-order valence-corrected chi connectivity index (χ2v) is 4.78. The van der Waals surface area contributed by atoms with Gasteiger partial charge in [-0.15, -0.1) is 11.3 Å². The summed E-state index contributed by atoms with van der Waals surface area (Å²) in [5.41, 5.74) is 6.16. The van der Waals surface area contributed by atoms with E-state index < -0.39 is 0 Å². The molecular formula is C10H12N6O2S. The third kappa shape index (κ3) is 2.55. The molecule has 0 bridgehead atoms. The molecule has 0 aliphatic heterocycles. The van der Waals surface area contributed by atoms with Gasteiger partial charge in [0.15, 0.2) is 5.84 Å². The standard InChI is InChI=1S/C10H12N6O2S/c1-5-13-7(4-19-5)10(17)14-9-6(8(11)15-18)3-12-16(9)2/h3-4,18H,1-2H3,(H2,11,15)(H,14,17). The Hall–Kier alpha value is -2.42. The van der Waals surface area contributed by atoms with Gasteiger partial charge in [0, 0.05) is 12.4 Å². The number of thiazole rings is 1. The van der Waals surface area contributed by atoms with Gasteiger partial charge in [0.2, 0.25) is 0 Å². The number of carbonyl (C=O) groups excluding carboxylic acids is 1. The Bertz CT molecular complexity index is 644. The highest BCUT2D eigenvalue weighted by atomic mass is 32.1. The van der Waals surface area contributed by atoms with Crippen molar-refractivity contribution in [1.29, 1.82) is 0 Å². The zero-order valence-electron chi connectivity index (χ0n) is 10.3. The first-order valence-corrected chi connectivity index (χ1v) is 6.14. The Kier molecular flexibility index (Phi) is 3.47. The van der Waals surface area contributed by atoms with Crippen LogP contribution in [-0.2, 0) is 7.05 Å². The number of hydrogen-bond acceptors (Lipinski definition) is 6. The van der Waals surface area contributed by atoms with Crippen LogP contribution in [-0.4, -0.2) is 31.7 Å². The molecule has 1 amide bonds. The molecule has 0 atom stereocenters. The lowest BCUT2D eigenvalue weighted by Gasteiger charge is -2.06. The maximum atomic E-state index is 12.0. The first-order chi connectivity index (χ1) is 9.02. The van der Waals surface area contributed by atoms with Crippen LogP contribution in [0.2, 0.25) is 0 Å². The number of nitrogens with one attached hydrogen (secondary N) is 1. The number of aromatic nitrogens is 3. The zero-order chi connectivity index (χ0) is 14.0. The average molecular weight is 280 g/mol. The summed E-state index contributed by atoms with van der Waals surface area (Å²) in [5, 5.41) is 20.6. The molecule has 100 valence electrons. The minimum Gasteiger partial charge on any atom is -0.409 e. The SMILES string of the molecule is Cc1nc(C(=O)Nc2c(C(N)=NO)cnn2C)cs1. The van der Waals surface area contributed by atoms with Crippen molar-refractivity contribution in [1.82, 2.24) is 14.8 Å². The summed E-state index contributed by atoms with van der Waals surface area (Å²) in [5.74, 6) is -0.163. The summed E-state index contributed by atoms with van der Waals surface area (Å²) < 4.78 is 1.42. The minimum atomic E-state index is -0.375. The van der Waals surface area contributed by atoms with Crippen LogP contribution < -0.4 is 11.1 Å². The van der Waals surface area contributed by atoms with E-state index in [4.69, 9.17) is 10.9 Å². The van der Waals surface area contributed by atoms with E-state index in [-0.39, 0.29) is 11.7 Å². The summed E-state index contributed by atoms with van der Waals surface area (Å²) >= 11 is 1.38. The quantitative estimate of drug-likeness (QED) is 0.328. The lowest BCUT2D eigenvalue weighted by Crippen LogP contribution is -2.20. The molecule has 2 rings (SSSR count). The third-order valence-corrected chi connectivity index (χ3v) is 3.18. The fourth-order valence-electron chi connectivity index (χ4n) is 1.47. The molecule has 4 N–H and O–H groups in total. The van der Waals surface area contributed by atoms with E-state index in [1.807, 2.05) is 6.92 Å². The Labute approximate surface area is 112 Å². The summed E-state index contributed by atoms with van der Waals surface area (Å²) in [7, 11) is 1.63. The van der Waals surface area contributed by atoms with Gasteiger partial charge in [-0.1, -0.05) is 5.16 Å².